The van der Waals surface area contributed by atoms with Gasteiger partial charge in [-0.2, -0.15) is 0 Å². The summed E-state index contributed by atoms with van der Waals surface area (Å²) in [5, 5.41) is 0. The van der Waals surface area contributed by atoms with Crippen LogP contribution in [0, 0.1) is 11.3 Å². The van der Waals surface area contributed by atoms with Gasteiger partial charge in [0.25, 0.3) is 0 Å². The molecule has 0 radical (unpaired) electrons. The molecule has 2 aliphatic rings. The van der Waals surface area contributed by atoms with Crippen LogP contribution in [-0.2, 0) is 33.6 Å². The van der Waals surface area contributed by atoms with Crippen LogP contribution in [0.1, 0.15) is 84.0 Å². The number of hydrogen-bond acceptors (Lipinski definition) is 0. The van der Waals surface area contributed by atoms with Gasteiger partial charge in [-0.15, -0.1) is 0 Å². The van der Waals surface area contributed by atoms with E-state index in [1.807, 2.05) is 36.4 Å². The van der Waals surface area contributed by atoms with Crippen molar-refractivity contribution in [2.24, 2.45) is 11.3 Å². The molecule has 0 saturated carbocycles. The van der Waals surface area contributed by atoms with E-state index in [1.54, 1.807) is 24.3 Å². The maximum absolute atomic E-state index is 14.1. The molecule has 0 aromatic heterocycles. The average Bonchev–Trinajstić information content (AvgIpc) is 3.81. The molecular weight excluding hydrogens is 913 g/mol. The van der Waals surface area contributed by atoms with Crippen LogP contribution < -0.4 is 24.8 Å². The molecule has 8 rings (SSSR count). The second-order valence-corrected chi connectivity index (χ2v) is 23.0. The zero-order valence-corrected chi connectivity index (χ0v) is 38.8. The fourth-order valence-electron chi connectivity index (χ4n) is 8.81. The van der Waals surface area contributed by atoms with Gasteiger partial charge in [0, 0.05) is 0 Å². The van der Waals surface area contributed by atoms with Crippen LogP contribution in [-0.4, -0.2) is 3.21 Å². The standard InChI is InChI=1S/C25H17.C15H8F6.C13H21.2ClH.Zr/c1-3-7-18(8-4-1)20-11-13-24-22(15-20)17-23-16-21(12-14-25(23)24)19-9-5-2-6-10-19;16-14(17,18)12-5-1-10(2-6-12)9-11-3-7-13(8-4-11)15(19,20)21;1-5-6-7-11-8-9-12(10-11)13(2,3)4;;;/h1-17H;1-8H;9-11H,5-7H2,1-4H3;2*1H;/q;;;;;+2/p-2. The first-order valence-corrected chi connectivity index (χ1v) is 24.4. The molecule has 0 N–H and O–H groups in total. The van der Waals surface area contributed by atoms with Gasteiger partial charge in [0.15, 0.2) is 0 Å². The summed E-state index contributed by atoms with van der Waals surface area (Å²) in [6.45, 7) is 8.78. The van der Waals surface area contributed by atoms with E-state index < -0.39 is 44.7 Å². The summed E-state index contributed by atoms with van der Waals surface area (Å²) in [6.07, 6.45) is -1.44. The van der Waals surface area contributed by atoms with Crippen LogP contribution in [0.25, 0.3) is 33.4 Å². The Bertz CT molecular complexity index is 2470. The molecule has 0 bridgehead atoms. The van der Waals surface area contributed by atoms with Gasteiger partial charge in [0.1, 0.15) is 0 Å². The van der Waals surface area contributed by atoms with Crippen molar-refractivity contribution in [3.8, 4) is 33.4 Å². The fraction of sp³-hybridized carbons (Fsp3) is 0.226. The van der Waals surface area contributed by atoms with Gasteiger partial charge in [-0.1, -0.05) is 0 Å². The molecule has 0 spiro atoms. The van der Waals surface area contributed by atoms with Crippen LogP contribution in [0.3, 0.4) is 0 Å². The van der Waals surface area contributed by atoms with Crippen molar-refractivity contribution in [3.05, 3.63) is 200 Å². The molecule has 9 heteroatoms. The van der Waals surface area contributed by atoms with E-state index in [9.17, 15) is 26.3 Å². The molecule has 0 fully saturated rings. The maximum atomic E-state index is 14.1. The molecule has 0 saturated heterocycles. The van der Waals surface area contributed by atoms with E-state index in [2.05, 4.69) is 101 Å². The van der Waals surface area contributed by atoms with Crippen molar-refractivity contribution >= 4 is 3.21 Å². The summed E-state index contributed by atoms with van der Waals surface area (Å²) >= 11 is -3.72. The van der Waals surface area contributed by atoms with Crippen molar-refractivity contribution in [1.82, 2.24) is 0 Å². The maximum Gasteiger partial charge on any atom is -1.00 e. The van der Waals surface area contributed by atoms with Crippen LogP contribution >= 0.6 is 0 Å². The van der Waals surface area contributed by atoms with E-state index in [0.717, 1.165) is 91.2 Å². The van der Waals surface area contributed by atoms with E-state index >= 15 is 0 Å². The third-order valence-electron chi connectivity index (χ3n) is 11.9. The number of hydrogen-bond donors (Lipinski definition) is 0. The Kier molecular flexibility index (Phi) is 14.3. The summed E-state index contributed by atoms with van der Waals surface area (Å²) in [5.41, 5.74) is 9.50. The Hall–Kier alpha value is -4.29. The fourth-order valence-corrected chi connectivity index (χ4v) is 18.4. The topological polar surface area (TPSA) is 0 Å². The Morgan fingerprint density at radius 1 is 0.548 bits per heavy atom. The van der Waals surface area contributed by atoms with Gasteiger partial charge < -0.3 is 24.8 Å². The molecule has 1 unspecified atom stereocenters. The smallest absolute Gasteiger partial charge is 1.00 e. The third kappa shape index (κ3) is 9.61. The molecule has 0 nitrogen and oxygen atoms in total. The predicted molar refractivity (Wildman–Crippen MR) is 229 cm³/mol. The molecule has 0 amide bonds. The van der Waals surface area contributed by atoms with Gasteiger partial charge in [-0.25, -0.2) is 0 Å². The molecule has 0 aliphatic heterocycles. The largest absolute Gasteiger partial charge is 1.00 e. The normalized spacial score (nSPS) is 14.7. The van der Waals surface area contributed by atoms with Gasteiger partial charge in [-0.3, -0.25) is 0 Å². The number of rotatable bonds is 9. The number of halogens is 8. The van der Waals surface area contributed by atoms with Crippen LogP contribution in [0.2, 0.25) is 0 Å². The Balaban J connectivity index is 0.00000321. The quantitative estimate of drug-likeness (QED) is 0.127. The van der Waals surface area contributed by atoms with Crippen molar-refractivity contribution in [3.63, 3.8) is 0 Å². The predicted octanol–water partition coefficient (Wildman–Crippen LogP) is 9.70. The number of fused-ring (bicyclic) bond motifs is 3. The number of benzene rings is 6. The minimum Gasteiger partial charge on any atom is -1.00 e. The number of allylic oxidation sites excluding steroid dienone is 4. The molecular formula is C53H46Cl2F6Zr. The third-order valence-corrected chi connectivity index (χ3v) is 20.4. The van der Waals surface area contributed by atoms with E-state index in [4.69, 9.17) is 0 Å². The van der Waals surface area contributed by atoms with Gasteiger partial charge in [0.05, 0.1) is 0 Å². The van der Waals surface area contributed by atoms with Crippen molar-refractivity contribution in [2.75, 3.05) is 0 Å². The van der Waals surface area contributed by atoms with E-state index in [1.165, 1.54) is 8.85 Å². The summed E-state index contributed by atoms with van der Waals surface area (Å²) < 4.78 is 86.9. The van der Waals surface area contributed by atoms with E-state index in [0.29, 0.717) is 11.1 Å². The first-order chi connectivity index (χ1) is 28.6. The molecule has 0 heterocycles. The minimum absolute atomic E-state index is 0. The molecule has 6 aromatic carbocycles. The number of alkyl halides is 6. The summed E-state index contributed by atoms with van der Waals surface area (Å²) in [6, 6.07) is 44.4. The van der Waals surface area contributed by atoms with Crippen LogP contribution in [0.5, 0.6) is 0 Å². The molecule has 6 aromatic rings. The Labute approximate surface area is 380 Å². The first-order valence-electron chi connectivity index (χ1n) is 20.5. The second-order valence-electron chi connectivity index (χ2n) is 16.9. The van der Waals surface area contributed by atoms with Gasteiger partial charge >= 0.3 is 358 Å². The Morgan fingerprint density at radius 2 is 0.984 bits per heavy atom. The summed E-state index contributed by atoms with van der Waals surface area (Å²) in [4.78, 5) is 0. The SMILES string of the molecule is CCCCC1C=C(C(C)(C)C)C=[C]1[Zr+2](=[C](c1ccc(C(F)(F)F)cc1)c1ccc(C(F)(F)F)cc1)[CH]1c2cc(-c3ccccc3)ccc2-c2ccc(-c3ccccc3)cc21.[Cl-].[Cl-]. The van der Waals surface area contributed by atoms with Crippen LogP contribution in [0.15, 0.2) is 167 Å². The zero-order valence-electron chi connectivity index (χ0n) is 34.8. The molecule has 2 aliphatic carbocycles. The summed E-state index contributed by atoms with van der Waals surface area (Å²) in [7, 11) is 0. The van der Waals surface area contributed by atoms with Crippen molar-refractivity contribution in [2.45, 2.75) is 62.9 Å². The van der Waals surface area contributed by atoms with Crippen molar-refractivity contribution < 1.29 is 72.4 Å². The Morgan fingerprint density at radius 3 is 1.37 bits per heavy atom. The first kappa shape index (κ1) is 47.2. The van der Waals surface area contributed by atoms with Crippen molar-refractivity contribution in [1.29, 1.82) is 0 Å². The van der Waals surface area contributed by atoms with Gasteiger partial charge in [0.2, 0.25) is 0 Å². The monoisotopic (exact) mass is 956 g/mol. The number of unbranched alkanes of at least 4 members (excludes halogenated alkanes) is 1. The van der Waals surface area contributed by atoms with Crippen LogP contribution in [0.4, 0.5) is 26.3 Å². The molecule has 318 valence electrons. The molecule has 62 heavy (non-hydrogen) atoms. The second kappa shape index (κ2) is 18.8. The zero-order chi connectivity index (χ0) is 42.4. The average molecular weight is 959 g/mol. The molecule has 1 atom stereocenters. The van der Waals surface area contributed by atoms with E-state index in [-0.39, 0.29) is 39.8 Å². The minimum atomic E-state index is -4.55. The summed E-state index contributed by atoms with van der Waals surface area (Å²) in [5.74, 6) is 0.0783. The van der Waals surface area contributed by atoms with Gasteiger partial charge in [-0.05, 0) is 0 Å².